The first-order valence-electron chi connectivity index (χ1n) is 14.8. The molecule has 0 unspecified atom stereocenters. The van der Waals surface area contributed by atoms with Crippen molar-refractivity contribution in [1.82, 2.24) is 5.32 Å². The normalized spacial score (nSPS) is 14.4. The number of imide groups is 1. The van der Waals surface area contributed by atoms with E-state index in [9.17, 15) is 24.0 Å². The van der Waals surface area contributed by atoms with Crippen molar-refractivity contribution in [2.45, 2.75) is 23.5 Å². The monoisotopic (exact) mass is 727 g/mol. The second-order valence-electron chi connectivity index (χ2n) is 10.4. The van der Waals surface area contributed by atoms with E-state index < -0.39 is 23.0 Å². The second-order valence-corrected chi connectivity index (χ2v) is 12.6. The molecule has 1 aliphatic rings. The van der Waals surface area contributed by atoms with Crippen LogP contribution in [0.4, 0.5) is 11.4 Å². The number of nitrogens with one attached hydrogen (secondary N) is 2. The minimum atomic E-state index is -0.696. The van der Waals surface area contributed by atoms with E-state index in [0.717, 1.165) is 9.37 Å². The number of thioether (sulfide) groups is 1. The van der Waals surface area contributed by atoms with Crippen molar-refractivity contribution in [1.29, 1.82) is 0 Å². The SMILES string of the molecule is CCOC(=O)c1ccc(N2C(=O)C[C@@H](Sc3cccc(NC(=O)/C(=C/c4cc(Br)ccc4OC)NC(=O)c4ccccc4)c3)C2=O)cc1. The van der Waals surface area contributed by atoms with Crippen molar-refractivity contribution in [3.8, 4) is 5.75 Å². The largest absolute Gasteiger partial charge is 0.496 e. The number of amides is 4. The molecule has 5 rings (SSSR count). The molecule has 0 radical (unpaired) electrons. The molecular weight excluding hydrogens is 698 g/mol. The molecule has 1 atom stereocenters. The molecule has 0 bridgehead atoms. The third-order valence-electron chi connectivity index (χ3n) is 7.13. The van der Waals surface area contributed by atoms with Crippen LogP contribution in [0.2, 0.25) is 0 Å². The maximum Gasteiger partial charge on any atom is 0.338 e. The minimum Gasteiger partial charge on any atom is -0.496 e. The quantitative estimate of drug-likeness (QED) is 0.102. The highest BCUT2D eigenvalue weighted by molar-refractivity contribution is 9.10. The Morgan fingerprint density at radius 3 is 2.40 bits per heavy atom. The van der Waals surface area contributed by atoms with E-state index >= 15 is 0 Å². The Hall–Kier alpha value is -5.20. The van der Waals surface area contributed by atoms with Gasteiger partial charge in [-0.25, -0.2) is 9.69 Å². The van der Waals surface area contributed by atoms with Crippen molar-refractivity contribution in [3.63, 3.8) is 0 Å². The lowest BCUT2D eigenvalue weighted by Gasteiger charge is -2.16. The van der Waals surface area contributed by atoms with Crippen LogP contribution in [0.3, 0.4) is 0 Å². The van der Waals surface area contributed by atoms with Crippen molar-refractivity contribution in [2.75, 3.05) is 23.9 Å². The van der Waals surface area contributed by atoms with E-state index in [2.05, 4.69) is 26.6 Å². The minimum absolute atomic E-state index is 0.0212. The van der Waals surface area contributed by atoms with E-state index in [4.69, 9.17) is 9.47 Å². The van der Waals surface area contributed by atoms with Gasteiger partial charge in [0, 0.05) is 32.6 Å². The zero-order valence-electron chi connectivity index (χ0n) is 25.9. The standard InChI is InChI=1S/C36H30BrN3O7S/c1-3-47-36(45)23-12-15-27(16-13-23)40-32(41)21-31(35(40)44)48-28-11-7-10-26(20-28)38-34(43)29(39-33(42)22-8-5-4-6-9-22)19-24-18-25(37)14-17-30(24)46-2/h4-20,31H,3,21H2,1-2H3,(H,38,43)(H,39,42)/b29-19-/t31-/m1/s1. The summed E-state index contributed by atoms with van der Waals surface area (Å²) in [4.78, 5) is 66.7. The highest BCUT2D eigenvalue weighted by atomic mass is 79.9. The van der Waals surface area contributed by atoms with Crippen molar-refractivity contribution >= 4 is 74.7 Å². The molecule has 1 fully saturated rings. The van der Waals surface area contributed by atoms with Crippen LogP contribution in [-0.2, 0) is 19.1 Å². The first kappa shape index (κ1) is 34.1. The number of ether oxygens (including phenoxy) is 2. The van der Waals surface area contributed by atoms with Crippen LogP contribution in [0, 0.1) is 0 Å². The predicted octanol–water partition coefficient (Wildman–Crippen LogP) is 6.47. The molecule has 12 heteroatoms. The molecule has 1 aliphatic heterocycles. The van der Waals surface area contributed by atoms with Gasteiger partial charge in [-0.05, 0) is 85.8 Å². The second kappa shape index (κ2) is 15.6. The Kier molecular flexibility index (Phi) is 11.1. The lowest BCUT2D eigenvalue weighted by Crippen LogP contribution is -2.31. The Labute approximate surface area is 289 Å². The topological polar surface area (TPSA) is 131 Å². The molecule has 1 saturated heterocycles. The summed E-state index contributed by atoms with van der Waals surface area (Å²) in [6, 6.07) is 26.8. The number of rotatable bonds is 11. The molecule has 10 nitrogen and oxygen atoms in total. The Balaban J connectivity index is 1.33. The van der Waals surface area contributed by atoms with Crippen molar-refractivity contribution in [2.24, 2.45) is 0 Å². The first-order chi connectivity index (χ1) is 23.2. The number of nitrogens with zero attached hydrogens (tertiary/aromatic N) is 1. The first-order valence-corrected chi connectivity index (χ1v) is 16.5. The molecule has 1 heterocycles. The van der Waals surface area contributed by atoms with Gasteiger partial charge in [-0.2, -0.15) is 0 Å². The summed E-state index contributed by atoms with van der Waals surface area (Å²) in [6.07, 6.45) is 1.50. The van der Waals surface area contributed by atoms with Gasteiger partial charge in [-0.1, -0.05) is 40.2 Å². The third kappa shape index (κ3) is 8.20. The number of carbonyl (C=O) groups is 5. The summed E-state index contributed by atoms with van der Waals surface area (Å²) in [5, 5.41) is 4.84. The Morgan fingerprint density at radius 1 is 0.938 bits per heavy atom. The number of carbonyl (C=O) groups excluding carboxylic acids is 5. The Morgan fingerprint density at radius 2 is 1.69 bits per heavy atom. The van der Waals surface area contributed by atoms with Crippen LogP contribution in [0.15, 0.2) is 112 Å². The molecule has 48 heavy (non-hydrogen) atoms. The predicted molar refractivity (Wildman–Crippen MR) is 187 cm³/mol. The molecule has 0 saturated carbocycles. The Bertz CT molecular complexity index is 1900. The van der Waals surface area contributed by atoms with Crippen molar-refractivity contribution in [3.05, 3.63) is 124 Å². The number of halogens is 1. The molecule has 4 aromatic carbocycles. The molecule has 0 aromatic heterocycles. The fourth-order valence-corrected chi connectivity index (χ4v) is 6.35. The van der Waals surface area contributed by atoms with E-state index in [1.807, 2.05) is 0 Å². The summed E-state index contributed by atoms with van der Waals surface area (Å²) in [5.74, 6) is -1.81. The zero-order chi connectivity index (χ0) is 34.2. The van der Waals surface area contributed by atoms with Gasteiger partial charge < -0.3 is 20.1 Å². The van der Waals surface area contributed by atoms with E-state index in [-0.39, 0.29) is 30.5 Å². The van der Waals surface area contributed by atoms with Crippen LogP contribution in [-0.4, -0.2) is 48.6 Å². The van der Waals surface area contributed by atoms with Gasteiger partial charge in [0.25, 0.3) is 11.8 Å². The summed E-state index contributed by atoms with van der Waals surface area (Å²) >= 11 is 4.63. The zero-order valence-corrected chi connectivity index (χ0v) is 28.3. The van der Waals surface area contributed by atoms with Gasteiger partial charge in [0.15, 0.2) is 0 Å². The molecule has 4 amide bonds. The average Bonchev–Trinajstić information content (AvgIpc) is 3.36. The number of esters is 1. The molecular formula is C36H30BrN3O7S. The lowest BCUT2D eigenvalue weighted by molar-refractivity contribution is -0.121. The molecule has 244 valence electrons. The van der Waals surface area contributed by atoms with E-state index in [1.54, 1.807) is 79.7 Å². The lowest BCUT2D eigenvalue weighted by atomic mass is 10.1. The highest BCUT2D eigenvalue weighted by Crippen LogP contribution is 2.35. The fraction of sp³-hybridized carbons (Fsp3) is 0.139. The van der Waals surface area contributed by atoms with E-state index in [1.165, 1.54) is 49.2 Å². The summed E-state index contributed by atoms with van der Waals surface area (Å²) in [7, 11) is 1.51. The molecule has 0 aliphatic carbocycles. The van der Waals surface area contributed by atoms with Gasteiger partial charge in [-0.15, -0.1) is 11.8 Å². The van der Waals surface area contributed by atoms with Crippen molar-refractivity contribution < 1.29 is 33.4 Å². The number of benzene rings is 4. The maximum atomic E-state index is 13.6. The maximum absolute atomic E-state index is 13.6. The van der Waals surface area contributed by atoms with Crippen LogP contribution in [0.1, 0.15) is 39.6 Å². The van der Waals surface area contributed by atoms with Gasteiger partial charge in [-0.3, -0.25) is 19.2 Å². The number of hydrogen-bond donors (Lipinski definition) is 2. The number of methoxy groups -OCH3 is 1. The highest BCUT2D eigenvalue weighted by Gasteiger charge is 2.40. The molecule has 2 N–H and O–H groups in total. The molecule has 0 spiro atoms. The van der Waals surface area contributed by atoms with Crippen LogP contribution >= 0.6 is 27.7 Å². The van der Waals surface area contributed by atoms with Crippen LogP contribution in [0.5, 0.6) is 5.75 Å². The average molecular weight is 729 g/mol. The summed E-state index contributed by atoms with van der Waals surface area (Å²) < 4.78 is 11.2. The number of anilines is 2. The smallest absolute Gasteiger partial charge is 0.338 e. The third-order valence-corrected chi connectivity index (χ3v) is 8.80. The van der Waals surface area contributed by atoms with Gasteiger partial charge in [0.05, 0.1) is 30.2 Å². The van der Waals surface area contributed by atoms with Crippen LogP contribution < -0.4 is 20.3 Å². The van der Waals surface area contributed by atoms with E-state index in [0.29, 0.717) is 38.7 Å². The van der Waals surface area contributed by atoms with Gasteiger partial charge in [0.2, 0.25) is 11.8 Å². The number of hydrogen-bond acceptors (Lipinski definition) is 8. The summed E-state index contributed by atoms with van der Waals surface area (Å²) in [5.41, 5.74) is 1.99. The van der Waals surface area contributed by atoms with Gasteiger partial charge in [0.1, 0.15) is 11.4 Å². The van der Waals surface area contributed by atoms with Gasteiger partial charge >= 0.3 is 5.97 Å². The van der Waals surface area contributed by atoms with Crippen LogP contribution in [0.25, 0.3) is 6.08 Å². The molecule has 4 aromatic rings. The summed E-state index contributed by atoms with van der Waals surface area (Å²) in [6.45, 7) is 1.94. The fourth-order valence-electron chi connectivity index (χ4n) is 4.85.